The van der Waals surface area contributed by atoms with E-state index in [1.807, 2.05) is 39.0 Å². The monoisotopic (exact) mass is 368 g/mol. The van der Waals surface area contributed by atoms with Gasteiger partial charge in [0.2, 0.25) is 0 Å². The summed E-state index contributed by atoms with van der Waals surface area (Å²) in [6.45, 7) is 8.20. The summed E-state index contributed by atoms with van der Waals surface area (Å²) in [7, 11) is 1.77. The summed E-state index contributed by atoms with van der Waals surface area (Å²) in [5.41, 5.74) is 2.91. The van der Waals surface area contributed by atoms with E-state index in [4.69, 9.17) is 0 Å². The fourth-order valence-corrected chi connectivity index (χ4v) is 3.26. The lowest BCUT2D eigenvalue weighted by molar-refractivity contribution is 0.470. The highest BCUT2D eigenvalue weighted by atomic mass is 16.3. The summed E-state index contributed by atoms with van der Waals surface area (Å²) < 4.78 is 4.47. The quantitative estimate of drug-likeness (QED) is 0.767. The number of hydrogen-bond donors (Lipinski definition) is 1. The van der Waals surface area contributed by atoms with Crippen LogP contribution in [0.5, 0.6) is 5.75 Å². The van der Waals surface area contributed by atoms with Crippen LogP contribution in [0.25, 0.3) is 23.3 Å². The first-order valence-corrected chi connectivity index (χ1v) is 8.99. The number of nitrogens with zero attached hydrogens (tertiary/aromatic N) is 4. The second-order valence-electron chi connectivity index (χ2n) is 6.53. The average Bonchev–Trinajstić information content (AvgIpc) is 2.96. The van der Waals surface area contributed by atoms with Gasteiger partial charge in [-0.1, -0.05) is 12.1 Å². The number of benzene rings is 1. The Morgan fingerprint density at radius 2 is 1.70 bits per heavy atom. The normalized spacial score (nSPS) is 11.7. The second kappa shape index (κ2) is 6.90. The molecule has 1 aromatic carbocycles. The predicted octanol–water partition coefficient (Wildman–Crippen LogP) is 2.43. The van der Waals surface area contributed by atoms with Crippen LogP contribution in [0.1, 0.15) is 36.4 Å². The third-order valence-corrected chi connectivity index (χ3v) is 5.12. The average molecular weight is 368 g/mol. The first kappa shape index (κ1) is 18.7. The molecule has 2 aromatic heterocycles. The van der Waals surface area contributed by atoms with E-state index in [1.165, 1.54) is 9.13 Å². The predicted molar refractivity (Wildman–Crippen MR) is 107 cm³/mol. The van der Waals surface area contributed by atoms with Crippen LogP contribution < -0.4 is 11.2 Å². The highest BCUT2D eigenvalue weighted by Crippen LogP contribution is 2.24. The third kappa shape index (κ3) is 2.89. The fourth-order valence-electron chi connectivity index (χ4n) is 3.26. The number of hydrogen-bond acceptors (Lipinski definition) is 4. The van der Waals surface area contributed by atoms with E-state index in [0.717, 1.165) is 16.7 Å². The van der Waals surface area contributed by atoms with Crippen molar-refractivity contribution in [3.05, 3.63) is 55.5 Å². The zero-order valence-corrected chi connectivity index (χ0v) is 16.3. The van der Waals surface area contributed by atoms with Crippen molar-refractivity contribution in [2.24, 2.45) is 7.05 Å². The molecular weight excluding hydrogens is 344 g/mol. The molecule has 0 unspecified atom stereocenters. The molecule has 0 amide bonds. The van der Waals surface area contributed by atoms with E-state index in [1.54, 1.807) is 24.6 Å². The molecule has 0 bridgehead atoms. The Kier molecular flexibility index (Phi) is 4.78. The van der Waals surface area contributed by atoms with Gasteiger partial charge in [0.15, 0.2) is 11.2 Å². The highest BCUT2D eigenvalue weighted by Gasteiger charge is 2.17. The van der Waals surface area contributed by atoms with Crippen molar-refractivity contribution in [2.75, 3.05) is 0 Å². The number of phenols is 1. The van der Waals surface area contributed by atoms with Crippen molar-refractivity contribution in [2.45, 2.75) is 40.8 Å². The number of rotatable bonds is 4. The molecule has 7 nitrogen and oxygen atoms in total. The van der Waals surface area contributed by atoms with Gasteiger partial charge in [0.25, 0.3) is 5.56 Å². The number of imidazole rings is 1. The molecule has 0 spiro atoms. The molecule has 1 N–H and O–H groups in total. The van der Waals surface area contributed by atoms with E-state index >= 15 is 0 Å². The maximum Gasteiger partial charge on any atom is 0.332 e. The van der Waals surface area contributed by atoms with E-state index in [9.17, 15) is 14.7 Å². The number of aryl methyl sites for hydroxylation is 2. The number of phenolic OH excluding ortho intramolecular Hbond substituents is 1. The van der Waals surface area contributed by atoms with Crippen LogP contribution in [0.2, 0.25) is 0 Å². The molecule has 3 aromatic rings. The molecule has 0 saturated carbocycles. The Labute approximate surface area is 156 Å². The Hall–Kier alpha value is -3.09. The van der Waals surface area contributed by atoms with E-state index in [0.29, 0.717) is 30.1 Å². The lowest BCUT2D eigenvalue weighted by Gasteiger charge is -2.08. The van der Waals surface area contributed by atoms with Crippen LogP contribution in [0.3, 0.4) is 0 Å². The van der Waals surface area contributed by atoms with Crippen molar-refractivity contribution in [1.29, 1.82) is 0 Å². The van der Waals surface area contributed by atoms with Crippen molar-refractivity contribution in [1.82, 2.24) is 18.7 Å². The fraction of sp³-hybridized carbons (Fsp3) is 0.350. The minimum absolute atomic E-state index is 0.263. The summed E-state index contributed by atoms with van der Waals surface area (Å²) in [6.07, 6.45) is 3.72. The zero-order chi connectivity index (χ0) is 19.9. The lowest BCUT2D eigenvalue weighted by atomic mass is 10.0. The minimum atomic E-state index is -0.337. The summed E-state index contributed by atoms with van der Waals surface area (Å²) in [5.74, 6) is 0.849. The van der Waals surface area contributed by atoms with Crippen LogP contribution in [0.4, 0.5) is 0 Å². The van der Waals surface area contributed by atoms with Gasteiger partial charge in [-0.3, -0.25) is 13.9 Å². The van der Waals surface area contributed by atoms with Crippen LogP contribution in [0.15, 0.2) is 21.7 Å². The van der Waals surface area contributed by atoms with Gasteiger partial charge in [-0.15, -0.1) is 0 Å². The third-order valence-electron chi connectivity index (χ3n) is 5.12. The molecule has 142 valence electrons. The van der Waals surface area contributed by atoms with Crippen LogP contribution in [-0.2, 0) is 20.1 Å². The molecule has 0 atom stereocenters. The van der Waals surface area contributed by atoms with Crippen molar-refractivity contribution < 1.29 is 5.11 Å². The molecule has 0 radical (unpaired) electrons. The topological polar surface area (TPSA) is 82.1 Å². The molecule has 27 heavy (non-hydrogen) atoms. The van der Waals surface area contributed by atoms with Gasteiger partial charge in [-0.2, -0.15) is 0 Å². The Bertz CT molecular complexity index is 1180. The van der Waals surface area contributed by atoms with Crippen LogP contribution >= 0.6 is 0 Å². The summed E-state index contributed by atoms with van der Waals surface area (Å²) >= 11 is 0. The zero-order valence-electron chi connectivity index (χ0n) is 16.3. The smallest absolute Gasteiger partial charge is 0.332 e. The first-order chi connectivity index (χ1) is 12.8. The second-order valence-corrected chi connectivity index (χ2v) is 6.53. The van der Waals surface area contributed by atoms with E-state index in [-0.39, 0.29) is 17.0 Å². The molecule has 0 saturated heterocycles. The molecule has 2 heterocycles. The first-order valence-electron chi connectivity index (χ1n) is 8.99. The molecule has 0 aliphatic carbocycles. The summed E-state index contributed by atoms with van der Waals surface area (Å²) in [4.78, 5) is 29.8. The van der Waals surface area contributed by atoms with Crippen LogP contribution in [0, 0.1) is 13.8 Å². The Morgan fingerprint density at radius 3 is 2.33 bits per heavy atom. The summed E-state index contributed by atoms with van der Waals surface area (Å²) in [6, 6.07) is 3.49. The van der Waals surface area contributed by atoms with Gasteiger partial charge in [-0.05, 0) is 56.5 Å². The highest BCUT2D eigenvalue weighted by molar-refractivity contribution is 5.77. The summed E-state index contributed by atoms with van der Waals surface area (Å²) in [5, 5.41) is 9.80. The number of fused-ring (bicyclic) bond motifs is 1. The molecule has 3 rings (SSSR count). The SMILES string of the molecule is CCn1c(=O)c2c(nc(C=Cc3ccc(O)c(C)c3C)n2C)n(CC)c1=O. The Balaban J connectivity index is 2.21. The van der Waals surface area contributed by atoms with Gasteiger partial charge in [0.1, 0.15) is 11.6 Å². The molecule has 7 heteroatoms. The van der Waals surface area contributed by atoms with Crippen molar-refractivity contribution in [3.63, 3.8) is 0 Å². The maximum atomic E-state index is 12.7. The standard InChI is InChI=1S/C20H24N4O3/c1-6-23-18-17(19(26)24(7-2)20(23)27)22(5)16(21-18)11-9-14-8-10-15(25)13(4)12(14)3/h8-11,25H,6-7H2,1-5H3. The number of aromatic nitrogens is 4. The van der Waals surface area contributed by atoms with Gasteiger partial charge in [-0.25, -0.2) is 9.78 Å². The molecule has 0 fully saturated rings. The largest absolute Gasteiger partial charge is 0.508 e. The Morgan fingerprint density at radius 1 is 1.04 bits per heavy atom. The van der Waals surface area contributed by atoms with Crippen molar-refractivity contribution >= 4 is 23.3 Å². The molecule has 0 aliphatic heterocycles. The number of aromatic hydroxyl groups is 1. The molecular formula is C20H24N4O3. The minimum Gasteiger partial charge on any atom is -0.508 e. The van der Waals surface area contributed by atoms with Crippen LogP contribution in [-0.4, -0.2) is 23.8 Å². The lowest BCUT2D eigenvalue weighted by Crippen LogP contribution is -2.39. The van der Waals surface area contributed by atoms with Gasteiger partial charge in [0, 0.05) is 20.1 Å². The maximum absolute atomic E-state index is 12.7. The van der Waals surface area contributed by atoms with Gasteiger partial charge < -0.3 is 9.67 Å². The van der Waals surface area contributed by atoms with Gasteiger partial charge in [0.05, 0.1) is 0 Å². The van der Waals surface area contributed by atoms with E-state index in [2.05, 4.69) is 4.98 Å². The van der Waals surface area contributed by atoms with Gasteiger partial charge >= 0.3 is 5.69 Å². The van der Waals surface area contributed by atoms with E-state index < -0.39 is 0 Å². The van der Waals surface area contributed by atoms with Crippen molar-refractivity contribution in [3.8, 4) is 5.75 Å². The molecule has 0 aliphatic rings.